The van der Waals surface area contributed by atoms with Crippen LogP contribution in [0.25, 0.3) is 0 Å². The predicted octanol–water partition coefficient (Wildman–Crippen LogP) is 2.78. The van der Waals surface area contributed by atoms with Crippen molar-refractivity contribution in [3.63, 3.8) is 0 Å². The number of carboxylic acids is 1. The number of methoxy groups -OCH3 is 2. The zero-order valence-corrected chi connectivity index (χ0v) is 12.3. The molecule has 5 heteroatoms. The number of ketones is 1. The van der Waals surface area contributed by atoms with Gasteiger partial charge in [0.2, 0.25) is 0 Å². The molecule has 2 rings (SSSR count). The molecule has 0 bridgehead atoms. The molecular formula is C16H20O5. The topological polar surface area (TPSA) is 72.8 Å². The number of carbonyl (C=O) groups is 2. The largest absolute Gasteiger partial charge is 0.493 e. The number of hydrogen-bond donors (Lipinski definition) is 1. The number of carboxylic acid groups (broad SMARTS) is 1. The maximum absolute atomic E-state index is 12.6. The SMILES string of the molecule is COc1ccc(C(=O)[C@@H]2CCCC[C@@H]2C(=O)O)cc1OC. The van der Waals surface area contributed by atoms with Crippen molar-refractivity contribution in [3.8, 4) is 11.5 Å². The molecule has 1 aliphatic rings. The maximum atomic E-state index is 12.6. The zero-order valence-electron chi connectivity index (χ0n) is 12.3. The Balaban J connectivity index is 2.28. The summed E-state index contributed by atoms with van der Waals surface area (Å²) in [5.74, 6) is -1.01. The summed E-state index contributed by atoms with van der Waals surface area (Å²) in [6.45, 7) is 0. The Morgan fingerprint density at radius 2 is 1.67 bits per heavy atom. The molecule has 5 nitrogen and oxygen atoms in total. The Morgan fingerprint density at radius 1 is 1.05 bits per heavy atom. The number of aliphatic carboxylic acids is 1. The molecule has 0 aromatic heterocycles. The lowest BCUT2D eigenvalue weighted by molar-refractivity contribution is -0.144. The van der Waals surface area contributed by atoms with Crippen LogP contribution in [-0.2, 0) is 4.79 Å². The fraction of sp³-hybridized carbons (Fsp3) is 0.500. The monoisotopic (exact) mass is 292 g/mol. The number of rotatable bonds is 5. The van der Waals surface area contributed by atoms with Crippen LogP contribution >= 0.6 is 0 Å². The van der Waals surface area contributed by atoms with Gasteiger partial charge in [0.15, 0.2) is 17.3 Å². The minimum Gasteiger partial charge on any atom is -0.493 e. The van der Waals surface area contributed by atoms with Crippen molar-refractivity contribution >= 4 is 11.8 Å². The van der Waals surface area contributed by atoms with E-state index in [0.29, 0.717) is 29.9 Å². The third-order valence-corrected chi connectivity index (χ3v) is 4.09. The minimum atomic E-state index is -0.881. The molecule has 1 aromatic carbocycles. The Kier molecular flexibility index (Phi) is 4.83. The number of ether oxygens (including phenoxy) is 2. The molecule has 1 aromatic rings. The van der Waals surface area contributed by atoms with Crippen LogP contribution in [0.3, 0.4) is 0 Å². The van der Waals surface area contributed by atoms with E-state index in [0.717, 1.165) is 12.8 Å². The van der Waals surface area contributed by atoms with Crippen molar-refractivity contribution in [1.82, 2.24) is 0 Å². The Labute approximate surface area is 123 Å². The van der Waals surface area contributed by atoms with E-state index in [4.69, 9.17) is 9.47 Å². The van der Waals surface area contributed by atoms with Gasteiger partial charge in [-0.05, 0) is 31.0 Å². The van der Waals surface area contributed by atoms with Crippen molar-refractivity contribution in [1.29, 1.82) is 0 Å². The lowest BCUT2D eigenvalue weighted by atomic mass is 9.75. The number of carbonyl (C=O) groups excluding carboxylic acids is 1. The summed E-state index contributed by atoms with van der Waals surface area (Å²) in [7, 11) is 3.04. The Hall–Kier alpha value is -2.04. The van der Waals surface area contributed by atoms with Crippen molar-refractivity contribution < 1.29 is 24.2 Å². The fourth-order valence-corrected chi connectivity index (χ4v) is 2.94. The molecule has 1 N–H and O–H groups in total. The predicted molar refractivity (Wildman–Crippen MR) is 77.0 cm³/mol. The van der Waals surface area contributed by atoms with E-state index in [2.05, 4.69) is 0 Å². The van der Waals surface area contributed by atoms with Crippen LogP contribution in [0.4, 0.5) is 0 Å². The molecule has 0 saturated heterocycles. The van der Waals surface area contributed by atoms with E-state index < -0.39 is 17.8 Å². The molecule has 1 aliphatic carbocycles. The van der Waals surface area contributed by atoms with Gasteiger partial charge in [-0.2, -0.15) is 0 Å². The highest BCUT2D eigenvalue weighted by atomic mass is 16.5. The maximum Gasteiger partial charge on any atom is 0.307 e. The normalized spacial score (nSPS) is 21.6. The summed E-state index contributed by atoms with van der Waals surface area (Å²) >= 11 is 0. The minimum absolute atomic E-state index is 0.122. The molecule has 0 amide bonds. The third kappa shape index (κ3) is 3.17. The average molecular weight is 292 g/mol. The second kappa shape index (κ2) is 6.61. The van der Waals surface area contributed by atoms with Gasteiger partial charge in [-0.3, -0.25) is 9.59 Å². The lowest BCUT2D eigenvalue weighted by Gasteiger charge is -2.27. The van der Waals surface area contributed by atoms with E-state index in [-0.39, 0.29) is 5.78 Å². The highest BCUT2D eigenvalue weighted by Gasteiger charge is 2.36. The summed E-state index contributed by atoms with van der Waals surface area (Å²) in [6.07, 6.45) is 2.96. The van der Waals surface area contributed by atoms with Crippen molar-refractivity contribution in [3.05, 3.63) is 23.8 Å². The van der Waals surface area contributed by atoms with Crippen LogP contribution in [0.1, 0.15) is 36.0 Å². The van der Waals surface area contributed by atoms with Crippen LogP contribution in [0.2, 0.25) is 0 Å². The van der Waals surface area contributed by atoms with Gasteiger partial charge < -0.3 is 14.6 Å². The highest BCUT2D eigenvalue weighted by molar-refractivity contribution is 6.00. The molecule has 114 valence electrons. The van der Waals surface area contributed by atoms with E-state index in [1.165, 1.54) is 14.2 Å². The van der Waals surface area contributed by atoms with Crippen molar-refractivity contribution in [2.24, 2.45) is 11.8 Å². The number of benzene rings is 1. The summed E-state index contributed by atoms with van der Waals surface area (Å²) < 4.78 is 10.3. The summed E-state index contributed by atoms with van der Waals surface area (Å²) in [6, 6.07) is 4.95. The molecule has 1 fully saturated rings. The highest BCUT2D eigenvalue weighted by Crippen LogP contribution is 2.35. The molecule has 0 heterocycles. The van der Waals surface area contributed by atoms with Gasteiger partial charge in [0.25, 0.3) is 0 Å². The van der Waals surface area contributed by atoms with E-state index in [1.54, 1.807) is 18.2 Å². The van der Waals surface area contributed by atoms with Gasteiger partial charge in [-0.1, -0.05) is 12.8 Å². The molecule has 0 unspecified atom stereocenters. The van der Waals surface area contributed by atoms with Gasteiger partial charge in [0.1, 0.15) is 0 Å². The summed E-state index contributed by atoms with van der Waals surface area (Å²) in [5, 5.41) is 9.29. The molecule has 0 aliphatic heterocycles. The van der Waals surface area contributed by atoms with Crippen LogP contribution in [-0.4, -0.2) is 31.1 Å². The lowest BCUT2D eigenvalue weighted by Crippen LogP contribution is -2.32. The van der Waals surface area contributed by atoms with Crippen LogP contribution < -0.4 is 9.47 Å². The summed E-state index contributed by atoms with van der Waals surface area (Å²) in [5.41, 5.74) is 0.478. The van der Waals surface area contributed by atoms with Gasteiger partial charge in [0.05, 0.1) is 20.1 Å². The van der Waals surface area contributed by atoms with Crippen molar-refractivity contribution in [2.75, 3.05) is 14.2 Å². The first-order chi connectivity index (χ1) is 10.1. The third-order valence-electron chi connectivity index (χ3n) is 4.09. The standard InChI is InChI=1S/C16H20O5/c1-20-13-8-7-10(9-14(13)21-2)15(17)11-5-3-4-6-12(11)16(18)19/h7-9,11-12H,3-6H2,1-2H3,(H,18,19)/t11-,12+/m1/s1. The number of Topliss-reactive ketones (excluding diaryl/α,β-unsaturated/α-hetero) is 1. The molecule has 21 heavy (non-hydrogen) atoms. The van der Waals surface area contributed by atoms with Crippen LogP contribution in [0, 0.1) is 11.8 Å². The first-order valence-corrected chi connectivity index (χ1v) is 7.07. The first kappa shape index (κ1) is 15.4. The first-order valence-electron chi connectivity index (χ1n) is 7.07. The Bertz CT molecular complexity index is 537. The molecule has 2 atom stereocenters. The molecule has 1 saturated carbocycles. The quantitative estimate of drug-likeness (QED) is 0.845. The smallest absolute Gasteiger partial charge is 0.307 e. The van der Waals surface area contributed by atoms with E-state index >= 15 is 0 Å². The second-order valence-corrected chi connectivity index (χ2v) is 5.27. The van der Waals surface area contributed by atoms with Crippen LogP contribution in [0.5, 0.6) is 11.5 Å². The number of hydrogen-bond acceptors (Lipinski definition) is 4. The molecule has 0 spiro atoms. The molecule has 0 radical (unpaired) electrons. The summed E-state index contributed by atoms with van der Waals surface area (Å²) in [4.78, 5) is 23.9. The van der Waals surface area contributed by atoms with Crippen LogP contribution in [0.15, 0.2) is 18.2 Å². The average Bonchev–Trinajstić information content (AvgIpc) is 2.53. The van der Waals surface area contributed by atoms with E-state index in [1.807, 2.05) is 0 Å². The fourth-order valence-electron chi connectivity index (χ4n) is 2.94. The van der Waals surface area contributed by atoms with Gasteiger partial charge in [-0.25, -0.2) is 0 Å². The van der Waals surface area contributed by atoms with Gasteiger partial charge >= 0.3 is 5.97 Å². The zero-order chi connectivity index (χ0) is 15.4. The van der Waals surface area contributed by atoms with Gasteiger partial charge in [-0.15, -0.1) is 0 Å². The van der Waals surface area contributed by atoms with E-state index in [9.17, 15) is 14.7 Å². The second-order valence-electron chi connectivity index (χ2n) is 5.27. The van der Waals surface area contributed by atoms with Crippen molar-refractivity contribution in [2.45, 2.75) is 25.7 Å². The molecular weight excluding hydrogens is 272 g/mol. The van der Waals surface area contributed by atoms with Gasteiger partial charge in [0, 0.05) is 11.5 Å². The Morgan fingerprint density at radius 3 is 2.24 bits per heavy atom.